The molecule has 0 radical (unpaired) electrons. The van der Waals surface area contributed by atoms with Crippen LogP contribution in [0.5, 0.6) is 0 Å². The molecule has 0 bridgehead atoms. The van der Waals surface area contributed by atoms with Gasteiger partial charge in [-0.2, -0.15) is 0 Å². The maximum Gasteiger partial charge on any atom is 0.263 e. The van der Waals surface area contributed by atoms with Crippen LogP contribution in [0.2, 0.25) is 5.15 Å². The standard InChI is InChI=1S/C16H10ClF2N3O/c17-13-7-14-20-12-3-1-2-10(12)16(23)22(14)15(21-13)9-5-4-8(18)6-11(9)19/h4-7H,1-3H2. The summed E-state index contributed by atoms with van der Waals surface area (Å²) >= 11 is 6.00. The van der Waals surface area contributed by atoms with Crippen LogP contribution in [0.1, 0.15) is 17.7 Å². The molecule has 3 aromatic rings. The fourth-order valence-corrected chi connectivity index (χ4v) is 3.13. The van der Waals surface area contributed by atoms with Crippen LogP contribution >= 0.6 is 11.6 Å². The zero-order valence-corrected chi connectivity index (χ0v) is 12.6. The van der Waals surface area contributed by atoms with E-state index in [4.69, 9.17) is 11.6 Å². The van der Waals surface area contributed by atoms with E-state index >= 15 is 0 Å². The van der Waals surface area contributed by atoms with Gasteiger partial charge in [-0.3, -0.25) is 4.79 Å². The fourth-order valence-electron chi connectivity index (χ4n) is 2.95. The average Bonchev–Trinajstić information content (AvgIpc) is 2.95. The first kappa shape index (κ1) is 14.3. The van der Waals surface area contributed by atoms with E-state index in [9.17, 15) is 13.6 Å². The van der Waals surface area contributed by atoms with Gasteiger partial charge < -0.3 is 0 Å². The predicted octanol–water partition coefficient (Wildman–Crippen LogP) is 3.18. The minimum atomic E-state index is -0.812. The van der Waals surface area contributed by atoms with Crippen molar-refractivity contribution in [2.75, 3.05) is 0 Å². The Hall–Kier alpha value is -2.34. The Labute approximate surface area is 134 Å². The molecule has 0 saturated carbocycles. The maximum absolute atomic E-state index is 14.1. The van der Waals surface area contributed by atoms with E-state index in [1.54, 1.807) is 0 Å². The Bertz CT molecular complexity index is 1020. The van der Waals surface area contributed by atoms with E-state index < -0.39 is 11.6 Å². The van der Waals surface area contributed by atoms with Crippen LogP contribution in [-0.4, -0.2) is 14.4 Å². The minimum absolute atomic E-state index is 0.000692. The van der Waals surface area contributed by atoms with Gasteiger partial charge in [-0.1, -0.05) is 11.6 Å². The molecule has 4 nitrogen and oxygen atoms in total. The van der Waals surface area contributed by atoms with Crippen molar-refractivity contribution < 1.29 is 8.78 Å². The first-order valence-electron chi connectivity index (χ1n) is 7.11. The summed E-state index contributed by atoms with van der Waals surface area (Å²) in [6, 6.07) is 4.56. The highest BCUT2D eigenvalue weighted by atomic mass is 35.5. The zero-order valence-electron chi connectivity index (χ0n) is 11.8. The van der Waals surface area contributed by atoms with Gasteiger partial charge in [0.1, 0.15) is 22.4 Å². The van der Waals surface area contributed by atoms with E-state index in [1.807, 2.05) is 0 Å². The Kier molecular flexibility index (Phi) is 3.16. The van der Waals surface area contributed by atoms with Crippen molar-refractivity contribution in [3.63, 3.8) is 0 Å². The Morgan fingerprint density at radius 3 is 2.74 bits per heavy atom. The normalized spacial score (nSPS) is 13.5. The molecular weight excluding hydrogens is 324 g/mol. The van der Waals surface area contributed by atoms with E-state index in [1.165, 1.54) is 16.5 Å². The molecule has 0 saturated heterocycles. The molecule has 0 atom stereocenters. The third kappa shape index (κ3) is 2.21. The summed E-state index contributed by atoms with van der Waals surface area (Å²) in [5.74, 6) is -1.49. The third-order valence-electron chi connectivity index (χ3n) is 3.97. The smallest absolute Gasteiger partial charge is 0.263 e. The molecule has 0 aliphatic heterocycles. The number of aryl methyl sites for hydroxylation is 1. The molecule has 0 unspecified atom stereocenters. The van der Waals surface area contributed by atoms with Crippen molar-refractivity contribution in [2.24, 2.45) is 0 Å². The number of halogens is 3. The van der Waals surface area contributed by atoms with E-state index in [0.29, 0.717) is 17.6 Å². The highest BCUT2D eigenvalue weighted by Crippen LogP contribution is 2.25. The van der Waals surface area contributed by atoms with Crippen molar-refractivity contribution in [1.29, 1.82) is 0 Å². The lowest BCUT2D eigenvalue weighted by molar-refractivity contribution is 0.584. The lowest BCUT2D eigenvalue weighted by atomic mass is 10.2. The van der Waals surface area contributed by atoms with E-state index in [2.05, 4.69) is 9.97 Å². The molecule has 23 heavy (non-hydrogen) atoms. The summed E-state index contributed by atoms with van der Waals surface area (Å²) in [5.41, 5.74) is 1.42. The number of hydrogen-bond acceptors (Lipinski definition) is 3. The Balaban J connectivity index is 2.12. The van der Waals surface area contributed by atoms with Gasteiger partial charge in [0.2, 0.25) is 0 Å². The lowest BCUT2D eigenvalue weighted by Crippen LogP contribution is -2.22. The summed E-state index contributed by atoms with van der Waals surface area (Å²) in [4.78, 5) is 21.3. The van der Waals surface area contributed by atoms with Gasteiger partial charge in [-0.15, -0.1) is 0 Å². The summed E-state index contributed by atoms with van der Waals surface area (Å²) in [7, 11) is 0. The predicted molar refractivity (Wildman–Crippen MR) is 81.6 cm³/mol. The number of benzene rings is 1. The SMILES string of the molecule is O=c1c2c(nc3cc(Cl)nc(-c4ccc(F)cc4F)n13)CCC2. The van der Waals surface area contributed by atoms with Crippen LogP contribution in [0.3, 0.4) is 0 Å². The molecule has 0 spiro atoms. The van der Waals surface area contributed by atoms with Gasteiger partial charge >= 0.3 is 0 Å². The number of fused-ring (bicyclic) bond motifs is 2. The average molecular weight is 334 g/mol. The van der Waals surface area contributed by atoms with E-state index in [-0.39, 0.29) is 22.1 Å². The van der Waals surface area contributed by atoms with Gasteiger partial charge in [0.15, 0.2) is 5.82 Å². The molecular formula is C16H10ClF2N3O. The second kappa shape index (κ2) is 5.09. The summed E-state index contributed by atoms with van der Waals surface area (Å²) in [6.07, 6.45) is 2.23. The highest BCUT2D eigenvalue weighted by Gasteiger charge is 2.21. The molecule has 0 N–H and O–H groups in total. The summed E-state index contributed by atoms with van der Waals surface area (Å²) < 4.78 is 28.5. The molecule has 116 valence electrons. The van der Waals surface area contributed by atoms with Crippen molar-refractivity contribution in [1.82, 2.24) is 14.4 Å². The molecule has 0 amide bonds. The molecule has 0 fully saturated rings. The third-order valence-corrected chi connectivity index (χ3v) is 4.17. The number of rotatable bonds is 1. The second-order valence-corrected chi connectivity index (χ2v) is 5.80. The van der Waals surface area contributed by atoms with E-state index in [0.717, 1.165) is 30.7 Å². The second-order valence-electron chi connectivity index (χ2n) is 5.42. The monoisotopic (exact) mass is 333 g/mol. The molecule has 1 aliphatic carbocycles. The van der Waals surface area contributed by atoms with Crippen LogP contribution in [0, 0.1) is 11.6 Å². The van der Waals surface area contributed by atoms with Crippen LogP contribution in [0.15, 0.2) is 29.1 Å². The number of aromatic nitrogens is 3. The minimum Gasteiger partial charge on any atom is -0.268 e. The van der Waals surface area contributed by atoms with Crippen LogP contribution in [-0.2, 0) is 12.8 Å². The van der Waals surface area contributed by atoms with Gasteiger partial charge in [0, 0.05) is 17.7 Å². The molecule has 4 rings (SSSR count). The van der Waals surface area contributed by atoms with Gasteiger partial charge in [0.25, 0.3) is 5.56 Å². The zero-order chi connectivity index (χ0) is 16.1. The van der Waals surface area contributed by atoms with Gasteiger partial charge in [-0.05, 0) is 31.4 Å². The lowest BCUT2D eigenvalue weighted by Gasteiger charge is -2.11. The fraction of sp³-hybridized carbons (Fsp3) is 0.188. The van der Waals surface area contributed by atoms with Crippen LogP contribution in [0.4, 0.5) is 8.78 Å². The Morgan fingerprint density at radius 2 is 1.96 bits per heavy atom. The maximum atomic E-state index is 14.1. The molecule has 1 aliphatic rings. The molecule has 1 aromatic carbocycles. The van der Waals surface area contributed by atoms with Crippen molar-refractivity contribution in [3.05, 3.63) is 62.7 Å². The first-order chi connectivity index (χ1) is 11.0. The van der Waals surface area contributed by atoms with Gasteiger partial charge in [0.05, 0.1) is 11.3 Å². The van der Waals surface area contributed by atoms with Crippen molar-refractivity contribution >= 4 is 17.2 Å². The van der Waals surface area contributed by atoms with Crippen molar-refractivity contribution in [2.45, 2.75) is 19.3 Å². The van der Waals surface area contributed by atoms with Gasteiger partial charge in [-0.25, -0.2) is 23.1 Å². The number of nitrogens with zero attached hydrogens (tertiary/aromatic N) is 3. The highest BCUT2D eigenvalue weighted by molar-refractivity contribution is 6.29. The largest absolute Gasteiger partial charge is 0.268 e. The van der Waals surface area contributed by atoms with Crippen molar-refractivity contribution in [3.8, 4) is 11.4 Å². The first-order valence-corrected chi connectivity index (χ1v) is 7.49. The topological polar surface area (TPSA) is 47.3 Å². The van der Waals surface area contributed by atoms with Crippen LogP contribution in [0.25, 0.3) is 17.0 Å². The van der Waals surface area contributed by atoms with Crippen LogP contribution < -0.4 is 5.56 Å². The number of hydrogen-bond donors (Lipinski definition) is 0. The molecule has 7 heteroatoms. The quantitative estimate of drug-likeness (QED) is 0.643. The summed E-state index contributed by atoms with van der Waals surface area (Å²) in [6.45, 7) is 0. The summed E-state index contributed by atoms with van der Waals surface area (Å²) in [5, 5.41) is 0.0913. The molecule has 2 aromatic heterocycles. The molecule has 2 heterocycles. The Morgan fingerprint density at radius 1 is 1.13 bits per heavy atom.